The Kier molecular flexibility index (Phi) is 5.39. The van der Waals surface area contributed by atoms with Gasteiger partial charge in [-0.3, -0.25) is 14.6 Å². The lowest BCUT2D eigenvalue weighted by Crippen LogP contribution is -2.18. The number of nitrogens with one attached hydrogen (secondary N) is 2. The van der Waals surface area contributed by atoms with Crippen molar-refractivity contribution in [3.8, 4) is 5.75 Å². The van der Waals surface area contributed by atoms with Crippen LogP contribution in [0, 0.1) is 0 Å². The average molecular weight is 397 g/mol. The first-order valence-electron chi connectivity index (χ1n) is 9.34. The molecule has 30 heavy (non-hydrogen) atoms. The number of benzene rings is 3. The molecular weight excluding hydrogens is 378 g/mol. The van der Waals surface area contributed by atoms with Gasteiger partial charge in [0.15, 0.2) is 0 Å². The maximum Gasteiger partial charge on any atom is 0.257 e. The summed E-state index contributed by atoms with van der Waals surface area (Å²) in [7, 11) is 1.56. The number of methoxy groups -OCH3 is 1. The second-order valence-corrected chi connectivity index (χ2v) is 6.60. The van der Waals surface area contributed by atoms with Crippen LogP contribution in [0.15, 0.2) is 85.1 Å². The van der Waals surface area contributed by atoms with Crippen LogP contribution in [0.4, 0.5) is 11.4 Å². The zero-order valence-corrected chi connectivity index (χ0v) is 16.3. The van der Waals surface area contributed by atoms with Crippen molar-refractivity contribution in [1.82, 2.24) is 4.98 Å². The summed E-state index contributed by atoms with van der Waals surface area (Å²) in [4.78, 5) is 29.8. The fourth-order valence-corrected chi connectivity index (χ4v) is 3.06. The van der Waals surface area contributed by atoms with Crippen molar-refractivity contribution in [2.45, 2.75) is 0 Å². The van der Waals surface area contributed by atoms with Gasteiger partial charge in [-0.05, 0) is 48.5 Å². The monoisotopic (exact) mass is 397 g/mol. The van der Waals surface area contributed by atoms with Crippen LogP contribution < -0.4 is 15.4 Å². The Morgan fingerprint density at radius 3 is 2.37 bits per heavy atom. The van der Waals surface area contributed by atoms with Crippen LogP contribution in [-0.2, 0) is 0 Å². The molecule has 148 valence electrons. The van der Waals surface area contributed by atoms with E-state index in [2.05, 4.69) is 15.6 Å². The molecule has 0 aliphatic carbocycles. The van der Waals surface area contributed by atoms with Crippen molar-refractivity contribution >= 4 is 34.1 Å². The highest BCUT2D eigenvalue weighted by atomic mass is 16.5. The van der Waals surface area contributed by atoms with E-state index in [9.17, 15) is 9.59 Å². The first-order valence-corrected chi connectivity index (χ1v) is 9.34. The molecule has 0 fully saturated rings. The number of anilines is 2. The van der Waals surface area contributed by atoms with Crippen molar-refractivity contribution in [2.24, 2.45) is 0 Å². The molecule has 0 saturated carbocycles. The molecule has 3 aromatic carbocycles. The summed E-state index contributed by atoms with van der Waals surface area (Å²) in [5.74, 6) is 0.0123. The van der Waals surface area contributed by atoms with Gasteiger partial charge in [0.25, 0.3) is 11.8 Å². The number of carbonyl (C=O) groups excluding carboxylic acids is 2. The summed E-state index contributed by atoms with van der Waals surface area (Å²) >= 11 is 0. The van der Waals surface area contributed by atoms with Gasteiger partial charge in [0.05, 0.1) is 35.8 Å². The van der Waals surface area contributed by atoms with Crippen molar-refractivity contribution in [1.29, 1.82) is 0 Å². The molecule has 0 unspecified atom stereocenters. The van der Waals surface area contributed by atoms with Crippen LogP contribution in [0.1, 0.15) is 20.7 Å². The third-order valence-corrected chi connectivity index (χ3v) is 4.62. The number of ether oxygens (including phenoxy) is 1. The molecule has 4 rings (SSSR count). The largest absolute Gasteiger partial charge is 0.497 e. The molecule has 6 heteroatoms. The Bertz CT molecular complexity index is 1220. The second-order valence-electron chi connectivity index (χ2n) is 6.60. The number of rotatable bonds is 5. The van der Waals surface area contributed by atoms with Gasteiger partial charge in [-0.25, -0.2) is 0 Å². The van der Waals surface area contributed by atoms with Gasteiger partial charge in [0.2, 0.25) is 0 Å². The van der Waals surface area contributed by atoms with E-state index in [1.807, 2.05) is 30.3 Å². The molecule has 0 bridgehead atoms. The average Bonchev–Trinajstić information content (AvgIpc) is 2.79. The molecule has 0 saturated heterocycles. The number of hydrogen-bond donors (Lipinski definition) is 2. The lowest BCUT2D eigenvalue weighted by molar-refractivity contribution is 0.102. The minimum atomic E-state index is -0.335. The van der Waals surface area contributed by atoms with E-state index >= 15 is 0 Å². The SMILES string of the molecule is COc1ccc(C(=O)Nc2ccccc2C(=O)Nc2cnc3ccccc3c2)cc1. The molecular formula is C24H19N3O3. The maximum absolute atomic E-state index is 12.9. The minimum Gasteiger partial charge on any atom is -0.497 e. The fraction of sp³-hybridized carbons (Fsp3) is 0.0417. The molecule has 0 radical (unpaired) electrons. The number of aromatic nitrogens is 1. The molecule has 0 atom stereocenters. The third-order valence-electron chi connectivity index (χ3n) is 4.62. The highest BCUT2D eigenvalue weighted by molar-refractivity contribution is 6.12. The van der Waals surface area contributed by atoms with Gasteiger partial charge in [-0.2, -0.15) is 0 Å². The van der Waals surface area contributed by atoms with Gasteiger partial charge >= 0.3 is 0 Å². The lowest BCUT2D eigenvalue weighted by Gasteiger charge is -2.12. The van der Waals surface area contributed by atoms with E-state index in [0.717, 1.165) is 10.9 Å². The van der Waals surface area contributed by atoms with Gasteiger partial charge in [-0.15, -0.1) is 0 Å². The van der Waals surface area contributed by atoms with Crippen LogP contribution in [0.5, 0.6) is 5.75 Å². The Balaban J connectivity index is 1.54. The summed E-state index contributed by atoms with van der Waals surface area (Å²) in [5.41, 5.74) is 2.67. The quantitative estimate of drug-likeness (QED) is 0.509. The zero-order valence-electron chi connectivity index (χ0n) is 16.3. The molecule has 1 heterocycles. The van der Waals surface area contributed by atoms with E-state index in [1.54, 1.807) is 61.8 Å². The number of hydrogen-bond acceptors (Lipinski definition) is 4. The molecule has 0 aliphatic rings. The summed E-state index contributed by atoms with van der Waals surface area (Å²) in [6, 6.07) is 23.1. The maximum atomic E-state index is 12.9. The van der Waals surface area contributed by atoms with E-state index in [4.69, 9.17) is 4.74 Å². The van der Waals surface area contributed by atoms with Crippen molar-refractivity contribution < 1.29 is 14.3 Å². The third kappa shape index (κ3) is 4.12. The van der Waals surface area contributed by atoms with Crippen molar-refractivity contribution in [3.05, 3.63) is 96.2 Å². The molecule has 6 nitrogen and oxygen atoms in total. The van der Waals surface area contributed by atoms with Crippen LogP contribution in [0.25, 0.3) is 10.9 Å². The van der Waals surface area contributed by atoms with E-state index in [-0.39, 0.29) is 11.8 Å². The number of nitrogens with zero attached hydrogens (tertiary/aromatic N) is 1. The number of amides is 2. The van der Waals surface area contributed by atoms with Gasteiger partial charge in [0, 0.05) is 10.9 Å². The molecule has 1 aromatic heterocycles. The molecule has 4 aromatic rings. The summed E-state index contributed by atoms with van der Waals surface area (Å²) in [5, 5.41) is 6.58. The Morgan fingerprint density at radius 1 is 0.833 bits per heavy atom. The lowest BCUT2D eigenvalue weighted by atomic mass is 10.1. The zero-order chi connectivity index (χ0) is 20.9. The number of para-hydroxylation sites is 2. The van der Waals surface area contributed by atoms with Gasteiger partial charge < -0.3 is 15.4 Å². The van der Waals surface area contributed by atoms with E-state index in [1.165, 1.54) is 0 Å². The van der Waals surface area contributed by atoms with E-state index < -0.39 is 0 Å². The molecule has 0 aliphatic heterocycles. The van der Waals surface area contributed by atoms with Crippen LogP contribution in [0.2, 0.25) is 0 Å². The Labute approximate surface area is 173 Å². The number of pyridine rings is 1. The van der Waals surface area contributed by atoms with Gasteiger partial charge in [-0.1, -0.05) is 30.3 Å². The number of carbonyl (C=O) groups is 2. The van der Waals surface area contributed by atoms with E-state index in [0.29, 0.717) is 28.3 Å². The highest BCUT2D eigenvalue weighted by Crippen LogP contribution is 2.21. The standard InChI is InChI=1S/C24H19N3O3/c1-30-19-12-10-16(11-13-19)23(28)27-22-9-5-3-7-20(22)24(29)26-18-14-17-6-2-4-8-21(17)25-15-18/h2-15H,1H3,(H,26,29)(H,27,28). The Morgan fingerprint density at radius 2 is 1.57 bits per heavy atom. The smallest absolute Gasteiger partial charge is 0.257 e. The first-order chi connectivity index (χ1) is 14.6. The van der Waals surface area contributed by atoms with Gasteiger partial charge in [0.1, 0.15) is 5.75 Å². The summed E-state index contributed by atoms with van der Waals surface area (Å²) in [6.07, 6.45) is 1.61. The van der Waals surface area contributed by atoms with Crippen LogP contribution in [-0.4, -0.2) is 23.9 Å². The normalized spacial score (nSPS) is 10.4. The molecule has 0 spiro atoms. The van der Waals surface area contributed by atoms with Crippen LogP contribution >= 0.6 is 0 Å². The second kappa shape index (κ2) is 8.45. The number of fused-ring (bicyclic) bond motifs is 1. The molecule has 2 N–H and O–H groups in total. The summed E-state index contributed by atoms with van der Waals surface area (Å²) in [6.45, 7) is 0. The predicted molar refractivity (Wildman–Crippen MR) is 117 cm³/mol. The highest BCUT2D eigenvalue weighted by Gasteiger charge is 2.15. The summed E-state index contributed by atoms with van der Waals surface area (Å²) < 4.78 is 5.11. The Hall–Kier alpha value is -4.19. The van der Waals surface area contributed by atoms with Crippen molar-refractivity contribution in [3.63, 3.8) is 0 Å². The molecule has 2 amide bonds. The minimum absolute atomic E-state index is 0.315. The first kappa shape index (κ1) is 19.1. The van der Waals surface area contributed by atoms with Crippen LogP contribution in [0.3, 0.4) is 0 Å². The fourth-order valence-electron chi connectivity index (χ4n) is 3.06. The topological polar surface area (TPSA) is 80.3 Å². The van der Waals surface area contributed by atoms with Crippen molar-refractivity contribution in [2.75, 3.05) is 17.7 Å². The predicted octanol–water partition coefficient (Wildman–Crippen LogP) is 4.75.